The molecule has 0 fully saturated rings. The number of carbonyl (C=O) groups excluding carboxylic acids is 1. The standard InChI is InChI=1S/C14H11FN2O/c15-10-6-7-11-12(8-10)16-13(17-14(11)18)9-4-2-1-3-5-9/h1-8,13,16H,(H,17,18). The van der Waals surface area contributed by atoms with E-state index in [9.17, 15) is 9.18 Å². The summed E-state index contributed by atoms with van der Waals surface area (Å²) < 4.78 is 13.2. The second-order valence-corrected chi connectivity index (χ2v) is 4.15. The van der Waals surface area contributed by atoms with Gasteiger partial charge in [-0.3, -0.25) is 4.79 Å². The minimum Gasteiger partial charge on any atom is -0.361 e. The van der Waals surface area contributed by atoms with Crippen LogP contribution in [-0.2, 0) is 0 Å². The molecule has 1 heterocycles. The summed E-state index contributed by atoms with van der Waals surface area (Å²) in [5.74, 6) is -0.555. The Bertz CT molecular complexity index is 598. The van der Waals surface area contributed by atoms with Crippen molar-refractivity contribution in [3.05, 3.63) is 65.5 Å². The van der Waals surface area contributed by atoms with Crippen molar-refractivity contribution in [2.24, 2.45) is 0 Å². The van der Waals surface area contributed by atoms with Crippen LogP contribution in [0, 0.1) is 5.82 Å². The first-order valence-corrected chi connectivity index (χ1v) is 5.66. The maximum Gasteiger partial charge on any atom is 0.255 e. The monoisotopic (exact) mass is 242 g/mol. The summed E-state index contributed by atoms with van der Waals surface area (Å²) in [4.78, 5) is 11.9. The van der Waals surface area contributed by atoms with Crippen molar-refractivity contribution in [2.75, 3.05) is 5.32 Å². The molecule has 2 aromatic rings. The predicted molar refractivity (Wildman–Crippen MR) is 66.7 cm³/mol. The summed E-state index contributed by atoms with van der Waals surface area (Å²) in [6.45, 7) is 0. The summed E-state index contributed by atoms with van der Waals surface area (Å²) in [6.07, 6.45) is -0.326. The molecule has 1 aliphatic rings. The Morgan fingerprint density at radius 2 is 1.78 bits per heavy atom. The fourth-order valence-corrected chi connectivity index (χ4v) is 2.05. The van der Waals surface area contributed by atoms with E-state index in [0.717, 1.165) is 5.56 Å². The Labute approximate surface area is 104 Å². The number of fused-ring (bicyclic) bond motifs is 1. The molecule has 2 aromatic carbocycles. The van der Waals surface area contributed by atoms with Crippen molar-refractivity contribution >= 4 is 11.6 Å². The van der Waals surface area contributed by atoms with Gasteiger partial charge in [0, 0.05) is 0 Å². The van der Waals surface area contributed by atoms with E-state index >= 15 is 0 Å². The van der Waals surface area contributed by atoms with Gasteiger partial charge in [-0.1, -0.05) is 30.3 Å². The quantitative estimate of drug-likeness (QED) is 0.807. The van der Waals surface area contributed by atoms with Crippen molar-refractivity contribution in [2.45, 2.75) is 6.17 Å². The molecule has 0 bridgehead atoms. The molecule has 2 N–H and O–H groups in total. The molecule has 0 saturated carbocycles. The minimum absolute atomic E-state index is 0.197. The minimum atomic E-state index is -0.359. The third-order valence-corrected chi connectivity index (χ3v) is 2.93. The third-order valence-electron chi connectivity index (χ3n) is 2.93. The number of hydrogen-bond donors (Lipinski definition) is 2. The molecule has 1 unspecified atom stereocenters. The van der Waals surface area contributed by atoms with Crippen molar-refractivity contribution in [1.29, 1.82) is 0 Å². The fourth-order valence-electron chi connectivity index (χ4n) is 2.05. The van der Waals surface area contributed by atoms with Gasteiger partial charge in [0.2, 0.25) is 0 Å². The molecule has 1 atom stereocenters. The number of carbonyl (C=O) groups is 1. The molecule has 4 heteroatoms. The van der Waals surface area contributed by atoms with Gasteiger partial charge in [0.15, 0.2) is 0 Å². The highest BCUT2D eigenvalue weighted by atomic mass is 19.1. The third kappa shape index (κ3) is 1.82. The first kappa shape index (κ1) is 10.8. The zero-order valence-corrected chi connectivity index (χ0v) is 9.48. The van der Waals surface area contributed by atoms with E-state index in [1.54, 1.807) is 0 Å². The second kappa shape index (κ2) is 4.14. The normalized spacial score (nSPS) is 17.6. The lowest BCUT2D eigenvalue weighted by Crippen LogP contribution is -2.38. The molecule has 0 aliphatic carbocycles. The SMILES string of the molecule is O=C1NC(c2ccccc2)Nc2cc(F)ccc21. The average Bonchev–Trinajstić information content (AvgIpc) is 2.39. The van der Waals surface area contributed by atoms with E-state index < -0.39 is 0 Å². The molecule has 3 nitrogen and oxygen atoms in total. The van der Waals surface area contributed by atoms with E-state index in [-0.39, 0.29) is 17.9 Å². The molecule has 1 amide bonds. The van der Waals surface area contributed by atoms with Gasteiger partial charge in [-0.15, -0.1) is 0 Å². The zero-order valence-electron chi connectivity index (χ0n) is 9.48. The molecule has 0 spiro atoms. The highest BCUT2D eigenvalue weighted by molar-refractivity contribution is 6.01. The van der Waals surface area contributed by atoms with E-state index in [1.807, 2.05) is 30.3 Å². The largest absolute Gasteiger partial charge is 0.361 e. The number of halogens is 1. The van der Waals surface area contributed by atoms with Crippen LogP contribution >= 0.6 is 0 Å². The Morgan fingerprint density at radius 1 is 1.00 bits per heavy atom. The summed E-state index contributed by atoms with van der Waals surface area (Å²) in [7, 11) is 0. The zero-order chi connectivity index (χ0) is 12.5. The number of amides is 1. The molecule has 0 radical (unpaired) electrons. The van der Waals surface area contributed by atoms with Gasteiger partial charge in [-0.05, 0) is 23.8 Å². The van der Waals surface area contributed by atoms with Crippen LogP contribution in [0.5, 0.6) is 0 Å². The van der Waals surface area contributed by atoms with Crippen molar-refractivity contribution < 1.29 is 9.18 Å². The molecule has 0 aromatic heterocycles. The molecule has 3 rings (SSSR count). The fraction of sp³-hybridized carbons (Fsp3) is 0.0714. The predicted octanol–water partition coefficient (Wildman–Crippen LogP) is 2.68. The van der Waals surface area contributed by atoms with Crippen LogP contribution in [0.2, 0.25) is 0 Å². The molecular weight excluding hydrogens is 231 g/mol. The van der Waals surface area contributed by atoms with Gasteiger partial charge in [-0.2, -0.15) is 0 Å². The first-order chi connectivity index (χ1) is 8.74. The van der Waals surface area contributed by atoms with Crippen LogP contribution in [0.1, 0.15) is 22.1 Å². The van der Waals surface area contributed by atoms with Crippen LogP contribution in [0.3, 0.4) is 0 Å². The average molecular weight is 242 g/mol. The number of nitrogens with one attached hydrogen (secondary N) is 2. The van der Waals surface area contributed by atoms with Gasteiger partial charge in [0.05, 0.1) is 11.3 Å². The van der Waals surface area contributed by atoms with Crippen molar-refractivity contribution in [3.63, 3.8) is 0 Å². The first-order valence-electron chi connectivity index (χ1n) is 5.66. The maximum absolute atomic E-state index is 13.2. The number of rotatable bonds is 1. The number of anilines is 1. The van der Waals surface area contributed by atoms with Crippen molar-refractivity contribution in [1.82, 2.24) is 5.32 Å². The summed E-state index contributed by atoms with van der Waals surface area (Å²) >= 11 is 0. The smallest absolute Gasteiger partial charge is 0.255 e. The number of benzene rings is 2. The number of hydrogen-bond acceptors (Lipinski definition) is 2. The molecule has 1 aliphatic heterocycles. The lowest BCUT2D eigenvalue weighted by molar-refractivity contribution is 0.0935. The topological polar surface area (TPSA) is 41.1 Å². The van der Waals surface area contributed by atoms with Gasteiger partial charge in [0.1, 0.15) is 12.0 Å². The van der Waals surface area contributed by atoms with E-state index in [4.69, 9.17) is 0 Å². The maximum atomic E-state index is 13.2. The Hall–Kier alpha value is -2.36. The van der Waals surface area contributed by atoms with E-state index in [2.05, 4.69) is 10.6 Å². The van der Waals surface area contributed by atoms with Crippen LogP contribution in [0.4, 0.5) is 10.1 Å². The summed E-state index contributed by atoms with van der Waals surface area (Å²) in [5, 5.41) is 5.95. The van der Waals surface area contributed by atoms with Crippen LogP contribution < -0.4 is 10.6 Å². The van der Waals surface area contributed by atoms with Crippen LogP contribution in [0.25, 0.3) is 0 Å². The van der Waals surface area contributed by atoms with Gasteiger partial charge in [0.25, 0.3) is 5.91 Å². The highest BCUT2D eigenvalue weighted by Gasteiger charge is 2.24. The van der Waals surface area contributed by atoms with Crippen LogP contribution in [-0.4, -0.2) is 5.91 Å². The van der Waals surface area contributed by atoms with Gasteiger partial charge >= 0.3 is 0 Å². The molecule has 90 valence electrons. The van der Waals surface area contributed by atoms with Gasteiger partial charge < -0.3 is 10.6 Å². The summed E-state index contributed by atoms with van der Waals surface area (Å²) in [5.41, 5.74) is 1.91. The molecule has 18 heavy (non-hydrogen) atoms. The Morgan fingerprint density at radius 3 is 2.56 bits per heavy atom. The Balaban J connectivity index is 1.98. The molecule has 0 saturated heterocycles. The van der Waals surface area contributed by atoms with Crippen LogP contribution in [0.15, 0.2) is 48.5 Å². The molecular formula is C14H11FN2O. The van der Waals surface area contributed by atoms with Crippen molar-refractivity contribution in [3.8, 4) is 0 Å². The lowest BCUT2D eigenvalue weighted by Gasteiger charge is -2.28. The van der Waals surface area contributed by atoms with E-state index in [1.165, 1.54) is 18.2 Å². The Kier molecular flexibility index (Phi) is 2.48. The highest BCUT2D eigenvalue weighted by Crippen LogP contribution is 2.26. The van der Waals surface area contributed by atoms with Gasteiger partial charge in [-0.25, -0.2) is 4.39 Å². The summed E-state index contributed by atoms with van der Waals surface area (Å²) in [6, 6.07) is 13.6. The second-order valence-electron chi connectivity index (χ2n) is 4.15. The van der Waals surface area contributed by atoms with E-state index in [0.29, 0.717) is 11.3 Å². The lowest BCUT2D eigenvalue weighted by atomic mass is 10.1.